The molecule has 2 aliphatic heterocycles. The van der Waals surface area contributed by atoms with Gasteiger partial charge in [0.25, 0.3) is 0 Å². The predicted molar refractivity (Wildman–Crippen MR) is 110 cm³/mol. The van der Waals surface area contributed by atoms with Gasteiger partial charge in [-0.05, 0) is 48.3 Å². The smallest absolute Gasteiger partial charge is 0.407 e. The van der Waals surface area contributed by atoms with E-state index in [9.17, 15) is 9.59 Å². The summed E-state index contributed by atoms with van der Waals surface area (Å²) in [5, 5.41) is 2.87. The van der Waals surface area contributed by atoms with E-state index < -0.39 is 0 Å². The monoisotopic (exact) mass is 390 g/mol. The molecule has 2 saturated heterocycles. The van der Waals surface area contributed by atoms with E-state index in [1.807, 2.05) is 11.0 Å². The van der Waals surface area contributed by atoms with E-state index in [-0.39, 0.29) is 23.5 Å². The second-order valence-electron chi connectivity index (χ2n) is 8.68. The van der Waals surface area contributed by atoms with Crippen LogP contribution < -0.4 is 5.32 Å². The standard InChI is InChI=1S/C24H26N2O3/c27-22(21-14-24(15-21)16-29-23(28)25-24)26-11-9-18(10-12-26)20-8-4-7-19(13-20)17-5-2-1-3-6-17/h1-8,13,18,21H,9-12,14-16H2,(H,25,28)/t21-,24+. The van der Waals surface area contributed by atoms with Crippen molar-refractivity contribution in [3.8, 4) is 11.1 Å². The predicted octanol–water partition coefficient (Wildman–Crippen LogP) is 3.95. The molecule has 3 fully saturated rings. The molecule has 0 aromatic heterocycles. The Labute approximate surface area is 171 Å². The molecule has 0 bridgehead atoms. The van der Waals surface area contributed by atoms with Crippen LogP contribution in [0.15, 0.2) is 54.6 Å². The van der Waals surface area contributed by atoms with E-state index in [1.54, 1.807) is 0 Å². The Morgan fingerprint density at radius 1 is 1.00 bits per heavy atom. The number of carbonyl (C=O) groups is 2. The number of carbonyl (C=O) groups excluding carboxylic acids is 2. The molecule has 1 aliphatic carbocycles. The van der Waals surface area contributed by atoms with Crippen LogP contribution in [0.2, 0.25) is 0 Å². The Balaban J connectivity index is 1.18. The first-order valence-electron chi connectivity index (χ1n) is 10.5. The number of cyclic esters (lactones) is 1. The molecule has 0 atom stereocenters. The first-order chi connectivity index (χ1) is 14.1. The maximum Gasteiger partial charge on any atom is 0.407 e. The van der Waals surface area contributed by atoms with E-state index >= 15 is 0 Å². The van der Waals surface area contributed by atoms with Crippen LogP contribution in [0, 0.1) is 5.92 Å². The Morgan fingerprint density at radius 3 is 2.41 bits per heavy atom. The van der Waals surface area contributed by atoms with Crippen molar-refractivity contribution in [2.45, 2.75) is 37.1 Å². The number of ether oxygens (including phenoxy) is 1. The number of hydrogen-bond donors (Lipinski definition) is 1. The zero-order chi connectivity index (χ0) is 19.8. The Morgan fingerprint density at radius 2 is 1.72 bits per heavy atom. The highest BCUT2D eigenvalue weighted by Crippen LogP contribution is 2.42. The minimum Gasteiger partial charge on any atom is -0.447 e. The molecule has 1 saturated carbocycles. The molecule has 5 nitrogen and oxygen atoms in total. The quantitative estimate of drug-likeness (QED) is 0.863. The highest BCUT2D eigenvalue weighted by atomic mass is 16.6. The Bertz CT molecular complexity index is 913. The molecule has 3 aliphatic rings. The van der Waals surface area contributed by atoms with E-state index in [2.05, 4.69) is 53.8 Å². The van der Waals surface area contributed by atoms with Crippen molar-refractivity contribution < 1.29 is 14.3 Å². The fraction of sp³-hybridized carbons (Fsp3) is 0.417. The molecule has 1 spiro atoms. The van der Waals surface area contributed by atoms with Crippen molar-refractivity contribution in [3.05, 3.63) is 60.2 Å². The highest BCUT2D eigenvalue weighted by molar-refractivity contribution is 5.81. The third-order valence-electron chi connectivity index (χ3n) is 6.74. The Hall–Kier alpha value is -2.82. The van der Waals surface area contributed by atoms with E-state index in [0.717, 1.165) is 25.9 Å². The van der Waals surface area contributed by atoms with Crippen molar-refractivity contribution in [1.29, 1.82) is 0 Å². The van der Waals surface area contributed by atoms with Crippen LogP contribution >= 0.6 is 0 Å². The molecule has 2 heterocycles. The second-order valence-corrected chi connectivity index (χ2v) is 8.68. The van der Waals surface area contributed by atoms with Crippen molar-refractivity contribution in [3.63, 3.8) is 0 Å². The fourth-order valence-corrected chi connectivity index (χ4v) is 5.06. The topological polar surface area (TPSA) is 58.6 Å². The van der Waals surface area contributed by atoms with Crippen LogP contribution in [0.4, 0.5) is 4.79 Å². The van der Waals surface area contributed by atoms with Crippen LogP contribution in [-0.2, 0) is 9.53 Å². The van der Waals surface area contributed by atoms with Crippen LogP contribution in [-0.4, -0.2) is 42.1 Å². The van der Waals surface area contributed by atoms with Crippen molar-refractivity contribution >= 4 is 12.0 Å². The lowest BCUT2D eigenvalue weighted by molar-refractivity contribution is -0.142. The zero-order valence-electron chi connectivity index (χ0n) is 16.5. The largest absolute Gasteiger partial charge is 0.447 e. The number of nitrogens with one attached hydrogen (secondary N) is 1. The second kappa shape index (κ2) is 7.21. The highest BCUT2D eigenvalue weighted by Gasteiger charge is 2.53. The molecule has 0 radical (unpaired) electrons. The number of likely N-dealkylation sites (tertiary alicyclic amines) is 1. The minimum atomic E-state index is -0.352. The number of piperidine rings is 1. The van der Waals surface area contributed by atoms with Gasteiger partial charge in [0.1, 0.15) is 6.61 Å². The summed E-state index contributed by atoms with van der Waals surface area (Å²) >= 11 is 0. The number of hydrogen-bond acceptors (Lipinski definition) is 3. The van der Waals surface area contributed by atoms with E-state index in [0.29, 0.717) is 25.4 Å². The molecule has 0 unspecified atom stereocenters. The van der Waals surface area contributed by atoms with Gasteiger partial charge in [-0.3, -0.25) is 4.79 Å². The summed E-state index contributed by atoms with van der Waals surface area (Å²) in [6.45, 7) is 2.02. The zero-order valence-corrected chi connectivity index (χ0v) is 16.5. The number of amides is 2. The van der Waals surface area contributed by atoms with Crippen molar-refractivity contribution in [2.24, 2.45) is 5.92 Å². The molecule has 29 heavy (non-hydrogen) atoms. The maximum atomic E-state index is 12.9. The van der Waals surface area contributed by atoms with Crippen LogP contribution in [0.1, 0.15) is 37.2 Å². The van der Waals surface area contributed by atoms with Crippen molar-refractivity contribution in [1.82, 2.24) is 10.2 Å². The number of rotatable bonds is 3. The number of nitrogens with zero attached hydrogens (tertiary/aromatic N) is 1. The normalized spacial score (nSPS) is 26.7. The minimum absolute atomic E-state index is 0.0231. The first-order valence-corrected chi connectivity index (χ1v) is 10.5. The van der Waals surface area contributed by atoms with Gasteiger partial charge in [0, 0.05) is 19.0 Å². The molecular formula is C24H26N2O3. The summed E-state index contributed by atoms with van der Waals surface area (Å²) in [5.41, 5.74) is 3.58. The summed E-state index contributed by atoms with van der Waals surface area (Å²) in [6, 6.07) is 19.3. The van der Waals surface area contributed by atoms with Crippen LogP contribution in [0.25, 0.3) is 11.1 Å². The molecule has 2 aromatic rings. The maximum absolute atomic E-state index is 12.9. The third-order valence-corrected chi connectivity index (χ3v) is 6.74. The number of alkyl carbamates (subject to hydrolysis) is 1. The molecule has 150 valence electrons. The van der Waals surface area contributed by atoms with Gasteiger partial charge in [0.05, 0.1) is 5.54 Å². The summed E-state index contributed by atoms with van der Waals surface area (Å²) in [7, 11) is 0. The first kappa shape index (κ1) is 18.2. The van der Waals surface area contributed by atoms with Gasteiger partial charge in [-0.15, -0.1) is 0 Å². The molecule has 5 heteroatoms. The summed E-state index contributed by atoms with van der Waals surface area (Å²) in [5.74, 6) is 0.765. The summed E-state index contributed by atoms with van der Waals surface area (Å²) in [6.07, 6.45) is 3.06. The van der Waals surface area contributed by atoms with Gasteiger partial charge in [0.2, 0.25) is 5.91 Å². The molecule has 5 rings (SSSR count). The van der Waals surface area contributed by atoms with Gasteiger partial charge in [0.15, 0.2) is 0 Å². The van der Waals surface area contributed by atoms with E-state index in [4.69, 9.17) is 4.74 Å². The third kappa shape index (κ3) is 3.50. The van der Waals surface area contributed by atoms with Crippen LogP contribution in [0.3, 0.4) is 0 Å². The fourth-order valence-electron chi connectivity index (χ4n) is 5.06. The molecule has 1 N–H and O–H groups in total. The lowest BCUT2D eigenvalue weighted by Gasteiger charge is -2.45. The molecular weight excluding hydrogens is 364 g/mol. The van der Waals surface area contributed by atoms with Crippen molar-refractivity contribution in [2.75, 3.05) is 19.7 Å². The van der Waals surface area contributed by atoms with Gasteiger partial charge < -0.3 is 15.0 Å². The number of benzene rings is 2. The average Bonchev–Trinajstić information content (AvgIpc) is 3.15. The molecule has 2 aromatic carbocycles. The van der Waals surface area contributed by atoms with Gasteiger partial charge in [-0.25, -0.2) is 4.79 Å². The Kier molecular flexibility index (Phi) is 4.53. The SMILES string of the molecule is O=C1N[C@]2(CO1)C[C@H](C(=O)N1CCC(c3cccc(-c4ccccc4)c3)CC1)C2. The summed E-state index contributed by atoms with van der Waals surface area (Å²) in [4.78, 5) is 26.2. The lowest BCUT2D eigenvalue weighted by atomic mass is 9.68. The molecule has 2 amide bonds. The summed E-state index contributed by atoms with van der Waals surface area (Å²) < 4.78 is 5.01. The van der Waals surface area contributed by atoms with Gasteiger partial charge in [-0.2, -0.15) is 0 Å². The van der Waals surface area contributed by atoms with E-state index in [1.165, 1.54) is 16.7 Å². The van der Waals surface area contributed by atoms with Gasteiger partial charge in [-0.1, -0.05) is 54.6 Å². The average molecular weight is 390 g/mol. The lowest BCUT2D eigenvalue weighted by Crippen LogP contribution is -2.58. The van der Waals surface area contributed by atoms with Crippen LogP contribution in [0.5, 0.6) is 0 Å². The van der Waals surface area contributed by atoms with Gasteiger partial charge >= 0.3 is 6.09 Å².